The monoisotopic (exact) mass is 651 g/mol. The molecule has 0 fully saturated rings. The lowest BCUT2D eigenvalue weighted by Gasteiger charge is -2.15. The standard InChI is InChI=1S/C47H29N3O/c1-3-13-30(14-4-1)45-48-46(31-15-5-2-6-16-31)50-47(49-45)41-19-8-7-17-39(41)38-23-12-21-36-35(20-11-22-37(36)38)33-26-25-32-29-44-42(28-34(32)27-33)40-18-9-10-24-43(40)51-44/h1-29H. The predicted octanol–water partition coefficient (Wildman–Crippen LogP) is 12.4. The van der Waals surface area contributed by atoms with Crippen LogP contribution in [0, 0.1) is 0 Å². The van der Waals surface area contributed by atoms with E-state index in [0.717, 1.165) is 55.1 Å². The average Bonchev–Trinajstić information content (AvgIpc) is 3.57. The molecule has 4 heteroatoms. The van der Waals surface area contributed by atoms with Crippen molar-refractivity contribution in [2.24, 2.45) is 0 Å². The molecular weight excluding hydrogens is 623 g/mol. The fourth-order valence-corrected chi connectivity index (χ4v) is 7.27. The van der Waals surface area contributed by atoms with Crippen LogP contribution in [0.5, 0.6) is 0 Å². The maximum absolute atomic E-state index is 6.18. The van der Waals surface area contributed by atoms with Crippen LogP contribution < -0.4 is 0 Å². The Balaban J connectivity index is 1.13. The molecule has 0 N–H and O–H groups in total. The number of hydrogen-bond donors (Lipinski definition) is 0. The second-order valence-corrected chi connectivity index (χ2v) is 12.8. The normalized spacial score (nSPS) is 11.5. The molecule has 10 aromatic rings. The number of para-hydroxylation sites is 1. The summed E-state index contributed by atoms with van der Waals surface area (Å²) in [6.07, 6.45) is 0. The molecule has 10 rings (SSSR count). The molecular formula is C47H29N3O. The first-order chi connectivity index (χ1) is 25.3. The van der Waals surface area contributed by atoms with Gasteiger partial charge in [-0.1, -0.05) is 152 Å². The molecule has 0 radical (unpaired) electrons. The molecule has 0 spiro atoms. The highest BCUT2D eigenvalue weighted by atomic mass is 16.3. The van der Waals surface area contributed by atoms with Gasteiger partial charge in [-0.05, 0) is 68.1 Å². The first-order valence-corrected chi connectivity index (χ1v) is 17.1. The third-order valence-corrected chi connectivity index (χ3v) is 9.73. The van der Waals surface area contributed by atoms with Gasteiger partial charge in [0.2, 0.25) is 0 Å². The maximum Gasteiger partial charge on any atom is 0.164 e. The van der Waals surface area contributed by atoms with Gasteiger partial charge in [-0.3, -0.25) is 0 Å². The van der Waals surface area contributed by atoms with E-state index >= 15 is 0 Å². The van der Waals surface area contributed by atoms with E-state index in [2.05, 4.69) is 103 Å². The van der Waals surface area contributed by atoms with Crippen molar-refractivity contribution in [3.05, 3.63) is 176 Å². The molecule has 51 heavy (non-hydrogen) atoms. The van der Waals surface area contributed by atoms with Crippen molar-refractivity contribution in [2.75, 3.05) is 0 Å². The number of hydrogen-bond acceptors (Lipinski definition) is 4. The van der Waals surface area contributed by atoms with Crippen molar-refractivity contribution >= 4 is 43.5 Å². The second kappa shape index (κ2) is 11.9. The van der Waals surface area contributed by atoms with E-state index in [9.17, 15) is 0 Å². The zero-order valence-electron chi connectivity index (χ0n) is 27.5. The van der Waals surface area contributed by atoms with Crippen LogP contribution in [0.25, 0.3) is 99.9 Å². The van der Waals surface area contributed by atoms with Gasteiger partial charge in [-0.15, -0.1) is 0 Å². The van der Waals surface area contributed by atoms with Gasteiger partial charge < -0.3 is 4.42 Å². The zero-order valence-corrected chi connectivity index (χ0v) is 27.5. The highest BCUT2D eigenvalue weighted by Gasteiger charge is 2.18. The van der Waals surface area contributed by atoms with E-state index in [0.29, 0.717) is 17.5 Å². The van der Waals surface area contributed by atoms with Crippen molar-refractivity contribution in [3.8, 4) is 56.4 Å². The minimum atomic E-state index is 0.638. The Morgan fingerprint density at radius 2 is 0.863 bits per heavy atom. The van der Waals surface area contributed by atoms with Crippen LogP contribution in [0.15, 0.2) is 180 Å². The molecule has 2 heterocycles. The molecule has 0 aliphatic carbocycles. The quantitative estimate of drug-likeness (QED) is 0.186. The molecule has 0 saturated carbocycles. The topological polar surface area (TPSA) is 51.8 Å². The molecule has 0 amide bonds. The van der Waals surface area contributed by atoms with Crippen molar-refractivity contribution in [2.45, 2.75) is 0 Å². The van der Waals surface area contributed by atoms with Crippen LogP contribution in [0.2, 0.25) is 0 Å². The highest BCUT2D eigenvalue weighted by molar-refractivity contribution is 6.11. The number of fused-ring (bicyclic) bond motifs is 5. The Morgan fingerprint density at radius 1 is 0.294 bits per heavy atom. The van der Waals surface area contributed by atoms with Crippen LogP contribution in [0.3, 0.4) is 0 Å². The summed E-state index contributed by atoms with van der Waals surface area (Å²) in [4.78, 5) is 15.1. The maximum atomic E-state index is 6.18. The summed E-state index contributed by atoms with van der Waals surface area (Å²) in [5.41, 5.74) is 9.22. The first-order valence-electron chi connectivity index (χ1n) is 17.1. The molecule has 0 aliphatic heterocycles. The lowest BCUT2D eigenvalue weighted by molar-refractivity contribution is 0.669. The van der Waals surface area contributed by atoms with Crippen molar-refractivity contribution in [1.29, 1.82) is 0 Å². The molecule has 0 aliphatic rings. The molecule has 4 nitrogen and oxygen atoms in total. The third-order valence-electron chi connectivity index (χ3n) is 9.73. The van der Waals surface area contributed by atoms with Crippen LogP contribution in [-0.2, 0) is 0 Å². The van der Waals surface area contributed by atoms with E-state index in [1.807, 2.05) is 72.8 Å². The van der Waals surface area contributed by atoms with E-state index in [-0.39, 0.29) is 0 Å². The number of rotatable bonds is 5. The highest BCUT2D eigenvalue weighted by Crippen LogP contribution is 2.40. The fraction of sp³-hybridized carbons (Fsp3) is 0. The Morgan fingerprint density at radius 3 is 1.61 bits per heavy atom. The van der Waals surface area contributed by atoms with Gasteiger partial charge >= 0.3 is 0 Å². The Labute approximate surface area is 294 Å². The molecule has 0 unspecified atom stereocenters. The van der Waals surface area contributed by atoms with Crippen molar-refractivity contribution in [3.63, 3.8) is 0 Å². The molecule has 2 aromatic heterocycles. The summed E-state index contributed by atoms with van der Waals surface area (Å²) in [6, 6.07) is 61.2. The van der Waals surface area contributed by atoms with E-state index in [1.165, 1.54) is 27.3 Å². The van der Waals surface area contributed by atoms with Gasteiger partial charge in [0.15, 0.2) is 17.5 Å². The molecule has 8 aromatic carbocycles. The Kier molecular flexibility index (Phi) is 6.78. The SMILES string of the molecule is c1ccc(-c2nc(-c3ccccc3)nc(-c3ccccc3-c3cccc4c(-c5ccc6cc7oc8ccccc8c7cc6c5)cccc34)n2)cc1. The minimum Gasteiger partial charge on any atom is -0.456 e. The van der Waals surface area contributed by atoms with Crippen molar-refractivity contribution < 1.29 is 4.42 Å². The molecule has 0 atom stereocenters. The van der Waals surface area contributed by atoms with Crippen molar-refractivity contribution in [1.82, 2.24) is 15.0 Å². The number of aromatic nitrogens is 3. The van der Waals surface area contributed by atoms with Crippen LogP contribution in [0.4, 0.5) is 0 Å². The Hall–Kier alpha value is -6.91. The zero-order chi connectivity index (χ0) is 33.7. The molecule has 0 saturated heterocycles. The fourth-order valence-electron chi connectivity index (χ4n) is 7.27. The summed E-state index contributed by atoms with van der Waals surface area (Å²) in [5.74, 6) is 1.93. The smallest absolute Gasteiger partial charge is 0.164 e. The summed E-state index contributed by atoms with van der Waals surface area (Å²) < 4.78 is 6.18. The van der Waals surface area contributed by atoms with Gasteiger partial charge in [-0.2, -0.15) is 0 Å². The predicted molar refractivity (Wildman–Crippen MR) is 209 cm³/mol. The van der Waals surface area contributed by atoms with E-state index in [4.69, 9.17) is 19.4 Å². The van der Waals surface area contributed by atoms with Crippen LogP contribution in [-0.4, -0.2) is 15.0 Å². The minimum absolute atomic E-state index is 0.638. The lowest BCUT2D eigenvalue weighted by atomic mass is 9.90. The average molecular weight is 652 g/mol. The molecule has 238 valence electrons. The van der Waals surface area contributed by atoms with Crippen LogP contribution in [0.1, 0.15) is 0 Å². The summed E-state index contributed by atoms with van der Waals surface area (Å²) in [6.45, 7) is 0. The van der Waals surface area contributed by atoms with E-state index in [1.54, 1.807) is 0 Å². The second-order valence-electron chi connectivity index (χ2n) is 12.8. The lowest BCUT2D eigenvalue weighted by Crippen LogP contribution is -2.01. The summed E-state index contributed by atoms with van der Waals surface area (Å²) in [5, 5.41) is 6.96. The largest absolute Gasteiger partial charge is 0.456 e. The van der Waals surface area contributed by atoms with Crippen LogP contribution >= 0.6 is 0 Å². The summed E-state index contributed by atoms with van der Waals surface area (Å²) in [7, 11) is 0. The van der Waals surface area contributed by atoms with Gasteiger partial charge in [0.05, 0.1) is 0 Å². The van der Waals surface area contributed by atoms with Gasteiger partial charge in [0, 0.05) is 27.5 Å². The first kappa shape index (κ1) is 29.0. The number of furan rings is 1. The molecule has 0 bridgehead atoms. The van der Waals surface area contributed by atoms with E-state index < -0.39 is 0 Å². The van der Waals surface area contributed by atoms with Gasteiger partial charge in [0.25, 0.3) is 0 Å². The third kappa shape index (κ3) is 5.04. The van der Waals surface area contributed by atoms with Gasteiger partial charge in [-0.25, -0.2) is 15.0 Å². The summed E-state index contributed by atoms with van der Waals surface area (Å²) >= 11 is 0. The number of benzene rings is 8. The number of nitrogens with zero attached hydrogens (tertiary/aromatic N) is 3. The van der Waals surface area contributed by atoms with Gasteiger partial charge in [0.1, 0.15) is 11.2 Å². The Bertz CT molecular complexity index is 2860.